The molecule has 2 heterocycles. The number of fused-ring (bicyclic) bond motifs is 6. The molecule has 3 aromatic rings. The lowest BCUT2D eigenvalue weighted by molar-refractivity contribution is 0.577. The van der Waals surface area contributed by atoms with E-state index in [1.807, 2.05) is 18.2 Å². The molecule has 0 fully saturated rings. The van der Waals surface area contributed by atoms with E-state index in [0.717, 1.165) is 27.5 Å². The molecule has 1 aromatic heterocycles. The quantitative estimate of drug-likeness (QED) is 0.636. The maximum Gasteiger partial charge on any atom is 0.122 e. The molecular weight excluding hydrogens is 280 g/mol. The number of rotatable bonds is 0. The maximum absolute atomic E-state index is 4.93. The van der Waals surface area contributed by atoms with Gasteiger partial charge in [0.1, 0.15) is 17.4 Å². The zero-order valence-corrected chi connectivity index (χ0v) is 11.8. The minimum Gasteiger partial charge on any atom is -0.272 e. The van der Waals surface area contributed by atoms with Gasteiger partial charge < -0.3 is 0 Å². The van der Waals surface area contributed by atoms with Crippen LogP contribution in [-0.4, -0.2) is 14.8 Å². The molecular formula is C16H10N4S. The van der Waals surface area contributed by atoms with E-state index in [4.69, 9.17) is 9.98 Å². The van der Waals surface area contributed by atoms with Crippen molar-refractivity contribution in [2.45, 2.75) is 12.1 Å². The van der Waals surface area contributed by atoms with Gasteiger partial charge in [-0.3, -0.25) is 9.98 Å². The molecule has 4 nitrogen and oxygen atoms in total. The largest absolute Gasteiger partial charge is 0.272 e. The van der Waals surface area contributed by atoms with Crippen LogP contribution >= 0.6 is 11.7 Å². The molecule has 0 unspecified atom stereocenters. The molecule has 0 amide bonds. The Balaban J connectivity index is 1.85. The van der Waals surface area contributed by atoms with Crippen molar-refractivity contribution in [1.29, 1.82) is 0 Å². The van der Waals surface area contributed by atoms with Gasteiger partial charge in [-0.15, -0.1) is 0 Å². The third kappa shape index (κ3) is 1.55. The fraction of sp³-hybridized carbons (Fsp3) is 0.125. The number of benzene rings is 2. The molecule has 0 radical (unpaired) electrons. The summed E-state index contributed by atoms with van der Waals surface area (Å²) < 4.78 is 8.70. The predicted octanol–water partition coefficient (Wildman–Crippen LogP) is 2.08. The van der Waals surface area contributed by atoms with Crippen LogP contribution in [0, 0.1) is 0 Å². The van der Waals surface area contributed by atoms with Crippen LogP contribution in [0.5, 0.6) is 0 Å². The lowest BCUT2D eigenvalue weighted by Crippen LogP contribution is -2.36. The van der Waals surface area contributed by atoms with E-state index in [-0.39, 0.29) is 12.1 Å². The summed E-state index contributed by atoms with van der Waals surface area (Å²) in [6.07, 6.45) is 4.09. The Labute approximate surface area is 124 Å². The van der Waals surface area contributed by atoms with Crippen LogP contribution in [0.25, 0.3) is 16.8 Å². The molecule has 2 aliphatic rings. The van der Waals surface area contributed by atoms with Crippen molar-refractivity contribution in [1.82, 2.24) is 8.75 Å². The van der Waals surface area contributed by atoms with E-state index in [2.05, 4.69) is 39.1 Å². The highest BCUT2D eigenvalue weighted by Gasteiger charge is 2.30. The zero-order chi connectivity index (χ0) is 13.8. The molecule has 5 rings (SSSR count). The van der Waals surface area contributed by atoms with Gasteiger partial charge in [0.05, 0.1) is 28.5 Å². The van der Waals surface area contributed by atoms with Gasteiger partial charge in [-0.25, -0.2) is 0 Å². The Hall–Kier alpha value is -2.40. The molecule has 0 N–H and O–H groups in total. The summed E-state index contributed by atoms with van der Waals surface area (Å²) in [6, 6.07) is 12.5. The van der Waals surface area contributed by atoms with Crippen molar-refractivity contribution >= 4 is 28.6 Å². The summed E-state index contributed by atoms with van der Waals surface area (Å²) in [6.45, 7) is 0. The minimum atomic E-state index is -0.0302. The average molecular weight is 290 g/mol. The van der Waals surface area contributed by atoms with Gasteiger partial charge in [0.2, 0.25) is 0 Å². The van der Waals surface area contributed by atoms with Crippen molar-refractivity contribution < 1.29 is 0 Å². The van der Waals surface area contributed by atoms with E-state index in [1.54, 1.807) is 0 Å². The standard InChI is InChI=1S/C16H10N4S/c1-2-4-10-9(3-1)5-6-11-14(10)17-12-7-8-13-16(15(12)18-11)20-21-19-13/h1-8,12,15H/t12-,15-/m0/s1. The molecule has 2 atom stereocenters. The highest BCUT2D eigenvalue weighted by molar-refractivity contribution is 6.99. The number of hydrogen-bond acceptors (Lipinski definition) is 5. The van der Waals surface area contributed by atoms with Crippen molar-refractivity contribution in [3.8, 4) is 0 Å². The van der Waals surface area contributed by atoms with Gasteiger partial charge in [0, 0.05) is 5.39 Å². The van der Waals surface area contributed by atoms with Crippen LogP contribution in [0.4, 0.5) is 0 Å². The van der Waals surface area contributed by atoms with Crippen LogP contribution in [-0.2, 0) is 0 Å². The van der Waals surface area contributed by atoms with Crippen LogP contribution in [0.15, 0.2) is 52.5 Å². The first-order chi connectivity index (χ1) is 10.4. The van der Waals surface area contributed by atoms with E-state index in [1.165, 1.54) is 17.1 Å². The van der Waals surface area contributed by atoms with Crippen LogP contribution in [0.1, 0.15) is 17.4 Å². The lowest BCUT2D eigenvalue weighted by Gasteiger charge is -2.22. The van der Waals surface area contributed by atoms with Crippen molar-refractivity contribution in [2.24, 2.45) is 9.98 Å². The van der Waals surface area contributed by atoms with E-state index in [9.17, 15) is 0 Å². The fourth-order valence-corrected chi connectivity index (χ4v) is 3.59. The Morgan fingerprint density at radius 2 is 1.90 bits per heavy atom. The Kier molecular flexibility index (Phi) is 2.18. The second kappa shape index (κ2) is 4.05. The highest BCUT2D eigenvalue weighted by Crippen LogP contribution is 2.31. The molecule has 1 aliphatic carbocycles. The SMILES string of the molecule is C1=C[C@@H]2N=c3c(ccc4ccccc34)=N[C@@H]2c2nsnc21. The average Bonchev–Trinajstić information content (AvgIpc) is 3.02. The van der Waals surface area contributed by atoms with Gasteiger partial charge in [0.25, 0.3) is 0 Å². The normalized spacial score (nSPS) is 21.9. The molecule has 0 saturated heterocycles. The second-order valence-corrected chi connectivity index (χ2v) is 5.77. The summed E-state index contributed by atoms with van der Waals surface area (Å²) in [5, 5.41) is 4.30. The van der Waals surface area contributed by atoms with E-state index >= 15 is 0 Å². The summed E-state index contributed by atoms with van der Waals surface area (Å²) in [7, 11) is 0. The van der Waals surface area contributed by atoms with Crippen molar-refractivity contribution in [3.63, 3.8) is 0 Å². The third-order valence-corrected chi connectivity index (χ3v) is 4.59. The van der Waals surface area contributed by atoms with Gasteiger partial charge >= 0.3 is 0 Å². The molecule has 0 spiro atoms. The topological polar surface area (TPSA) is 50.5 Å². The van der Waals surface area contributed by atoms with Crippen LogP contribution in [0.2, 0.25) is 0 Å². The van der Waals surface area contributed by atoms with E-state index in [0.29, 0.717) is 0 Å². The Bertz CT molecular complexity index is 1020. The first kappa shape index (κ1) is 11.3. The second-order valence-electron chi connectivity index (χ2n) is 5.24. The molecule has 100 valence electrons. The molecule has 5 heteroatoms. The Morgan fingerprint density at radius 1 is 0.952 bits per heavy atom. The molecule has 21 heavy (non-hydrogen) atoms. The van der Waals surface area contributed by atoms with Gasteiger partial charge in [-0.2, -0.15) is 8.75 Å². The molecule has 0 saturated carbocycles. The lowest BCUT2D eigenvalue weighted by atomic mass is 9.96. The van der Waals surface area contributed by atoms with Crippen LogP contribution in [0.3, 0.4) is 0 Å². The predicted molar refractivity (Wildman–Crippen MR) is 81.7 cm³/mol. The first-order valence-electron chi connectivity index (χ1n) is 6.84. The molecule has 2 aromatic carbocycles. The monoisotopic (exact) mass is 290 g/mol. The van der Waals surface area contributed by atoms with Crippen molar-refractivity contribution in [3.05, 3.63) is 64.6 Å². The summed E-state index contributed by atoms with van der Waals surface area (Å²) >= 11 is 1.24. The minimum absolute atomic E-state index is 0.0275. The zero-order valence-electron chi connectivity index (χ0n) is 11.0. The summed E-state index contributed by atoms with van der Waals surface area (Å²) in [5.74, 6) is 0. The number of hydrogen-bond donors (Lipinski definition) is 0. The summed E-state index contributed by atoms with van der Waals surface area (Å²) in [4.78, 5) is 9.82. The first-order valence-corrected chi connectivity index (χ1v) is 7.57. The third-order valence-electron chi connectivity index (χ3n) is 4.03. The number of nitrogens with zero attached hydrogens (tertiary/aromatic N) is 4. The smallest absolute Gasteiger partial charge is 0.122 e. The van der Waals surface area contributed by atoms with Gasteiger partial charge in [-0.1, -0.05) is 36.4 Å². The fourth-order valence-electron chi connectivity index (χ4n) is 3.01. The van der Waals surface area contributed by atoms with E-state index < -0.39 is 0 Å². The van der Waals surface area contributed by atoms with Crippen LogP contribution < -0.4 is 10.7 Å². The highest BCUT2D eigenvalue weighted by atomic mass is 32.1. The molecule has 1 aliphatic heterocycles. The van der Waals surface area contributed by atoms with Gasteiger partial charge in [-0.05, 0) is 17.5 Å². The van der Waals surface area contributed by atoms with Gasteiger partial charge in [0.15, 0.2) is 0 Å². The number of aromatic nitrogens is 2. The maximum atomic E-state index is 4.93. The molecule has 0 bridgehead atoms. The summed E-state index contributed by atoms with van der Waals surface area (Å²) in [5.41, 5.74) is 1.89. The van der Waals surface area contributed by atoms with Crippen molar-refractivity contribution in [2.75, 3.05) is 0 Å². The Morgan fingerprint density at radius 3 is 2.90 bits per heavy atom.